The summed E-state index contributed by atoms with van der Waals surface area (Å²) in [5.74, 6) is 0.764. The lowest BCUT2D eigenvalue weighted by Crippen LogP contribution is -2.41. The zero-order valence-corrected chi connectivity index (χ0v) is 17.8. The molecule has 0 fully saturated rings. The molecule has 0 heterocycles. The summed E-state index contributed by atoms with van der Waals surface area (Å²) in [6, 6.07) is 7.66. The van der Waals surface area contributed by atoms with Gasteiger partial charge in [-0.2, -0.15) is 0 Å². The number of benzene rings is 1. The van der Waals surface area contributed by atoms with Crippen molar-refractivity contribution in [1.82, 2.24) is 16.0 Å². The Morgan fingerprint density at radius 3 is 2.43 bits per heavy atom. The van der Waals surface area contributed by atoms with Gasteiger partial charge in [-0.25, -0.2) is 0 Å². The normalized spacial score (nSPS) is 10.9. The SMILES string of the molecule is CCNC(=NCCCNC(=O)c1ccc(Br)cc1)NC(C)C.I. The van der Waals surface area contributed by atoms with Crippen molar-refractivity contribution in [2.75, 3.05) is 19.6 Å². The van der Waals surface area contributed by atoms with Crippen molar-refractivity contribution < 1.29 is 4.79 Å². The van der Waals surface area contributed by atoms with Gasteiger partial charge in [0.2, 0.25) is 0 Å². The van der Waals surface area contributed by atoms with E-state index in [-0.39, 0.29) is 29.9 Å². The van der Waals surface area contributed by atoms with Gasteiger partial charge in [0.15, 0.2) is 5.96 Å². The standard InChI is InChI=1S/C16H25BrN4O.HI/c1-4-18-16(21-12(2)3)20-11-5-10-19-15(22)13-6-8-14(17)9-7-13;/h6-9,12H,4-5,10-11H2,1-3H3,(H,19,22)(H2,18,20,21);1H. The average molecular weight is 497 g/mol. The number of amides is 1. The number of nitrogens with zero attached hydrogens (tertiary/aromatic N) is 1. The number of nitrogens with one attached hydrogen (secondary N) is 3. The molecular weight excluding hydrogens is 471 g/mol. The second-order valence-electron chi connectivity index (χ2n) is 5.18. The fourth-order valence-electron chi connectivity index (χ4n) is 1.77. The second-order valence-corrected chi connectivity index (χ2v) is 6.09. The lowest BCUT2D eigenvalue weighted by atomic mass is 10.2. The monoisotopic (exact) mass is 496 g/mol. The van der Waals surface area contributed by atoms with E-state index in [0.29, 0.717) is 24.7 Å². The maximum Gasteiger partial charge on any atom is 0.251 e. The molecule has 1 rings (SSSR count). The minimum atomic E-state index is -0.0521. The molecule has 1 amide bonds. The molecule has 0 radical (unpaired) electrons. The summed E-state index contributed by atoms with van der Waals surface area (Å²) in [7, 11) is 0. The third-order valence-corrected chi connectivity index (χ3v) is 3.30. The van der Waals surface area contributed by atoms with Crippen LogP contribution >= 0.6 is 39.9 Å². The van der Waals surface area contributed by atoms with E-state index in [0.717, 1.165) is 23.4 Å². The largest absolute Gasteiger partial charge is 0.357 e. The van der Waals surface area contributed by atoms with Crippen LogP contribution in [0.15, 0.2) is 33.7 Å². The van der Waals surface area contributed by atoms with E-state index in [2.05, 4.69) is 50.7 Å². The molecule has 5 nitrogen and oxygen atoms in total. The lowest BCUT2D eigenvalue weighted by Gasteiger charge is -2.13. The van der Waals surface area contributed by atoms with Crippen LogP contribution in [0.4, 0.5) is 0 Å². The van der Waals surface area contributed by atoms with Gasteiger partial charge in [0.05, 0.1) is 0 Å². The highest BCUT2D eigenvalue weighted by molar-refractivity contribution is 14.0. The first-order chi connectivity index (χ1) is 10.5. The summed E-state index contributed by atoms with van der Waals surface area (Å²) in [6.07, 6.45) is 0.803. The van der Waals surface area contributed by atoms with Crippen LogP contribution in [-0.2, 0) is 0 Å². The quantitative estimate of drug-likeness (QED) is 0.235. The molecule has 0 saturated heterocycles. The summed E-state index contributed by atoms with van der Waals surface area (Å²) >= 11 is 3.35. The van der Waals surface area contributed by atoms with Gasteiger partial charge in [0, 0.05) is 35.7 Å². The Labute approximate surface area is 164 Å². The van der Waals surface area contributed by atoms with Gasteiger partial charge in [0.1, 0.15) is 0 Å². The Morgan fingerprint density at radius 2 is 1.87 bits per heavy atom. The molecule has 1 aromatic rings. The topological polar surface area (TPSA) is 65.5 Å². The third-order valence-electron chi connectivity index (χ3n) is 2.77. The Morgan fingerprint density at radius 1 is 1.22 bits per heavy atom. The molecule has 0 saturated carbocycles. The van der Waals surface area contributed by atoms with Crippen LogP contribution < -0.4 is 16.0 Å². The number of hydrogen-bond donors (Lipinski definition) is 3. The van der Waals surface area contributed by atoms with Gasteiger partial charge in [-0.1, -0.05) is 15.9 Å². The maximum atomic E-state index is 11.9. The molecule has 1 aromatic carbocycles. The van der Waals surface area contributed by atoms with Gasteiger partial charge in [-0.15, -0.1) is 24.0 Å². The van der Waals surface area contributed by atoms with E-state index in [1.165, 1.54) is 0 Å². The van der Waals surface area contributed by atoms with Crippen LogP contribution in [0.3, 0.4) is 0 Å². The Balaban J connectivity index is 0.00000484. The molecular formula is C16H26BrIN4O. The van der Waals surface area contributed by atoms with Crippen molar-refractivity contribution in [3.63, 3.8) is 0 Å². The molecule has 23 heavy (non-hydrogen) atoms. The van der Waals surface area contributed by atoms with Gasteiger partial charge < -0.3 is 16.0 Å². The summed E-state index contributed by atoms with van der Waals surface area (Å²) < 4.78 is 0.965. The van der Waals surface area contributed by atoms with E-state index < -0.39 is 0 Å². The summed E-state index contributed by atoms with van der Waals surface area (Å²) in [5, 5.41) is 9.35. The van der Waals surface area contributed by atoms with Gasteiger partial charge >= 0.3 is 0 Å². The molecule has 0 atom stereocenters. The van der Waals surface area contributed by atoms with Crippen LogP contribution in [0.25, 0.3) is 0 Å². The van der Waals surface area contributed by atoms with E-state index in [1.54, 1.807) is 12.1 Å². The highest BCUT2D eigenvalue weighted by Crippen LogP contribution is 2.10. The fourth-order valence-corrected chi connectivity index (χ4v) is 2.03. The first-order valence-electron chi connectivity index (χ1n) is 7.61. The smallest absolute Gasteiger partial charge is 0.251 e. The van der Waals surface area contributed by atoms with E-state index in [1.807, 2.05) is 19.1 Å². The summed E-state index contributed by atoms with van der Waals surface area (Å²) in [4.78, 5) is 16.4. The molecule has 0 aliphatic rings. The van der Waals surface area contributed by atoms with Gasteiger partial charge in [0.25, 0.3) is 5.91 Å². The van der Waals surface area contributed by atoms with Crippen LogP contribution in [0, 0.1) is 0 Å². The van der Waals surface area contributed by atoms with E-state index in [4.69, 9.17) is 0 Å². The predicted octanol–water partition coefficient (Wildman–Crippen LogP) is 3.15. The number of halogens is 2. The average Bonchev–Trinajstić information content (AvgIpc) is 2.47. The lowest BCUT2D eigenvalue weighted by molar-refractivity contribution is 0.0953. The summed E-state index contributed by atoms with van der Waals surface area (Å²) in [5.41, 5.74) is 0.668. The molecule has 0 unspecified atom stereocenters. The van der Waals surface area contributed by atoms with E-state index >= 15 is 0 Å². The fraction of sp³-hybridized carbons (Fsp3) is 0.500. The van der Waals surface area contributed by atoms with Crippen LogP contribution in [0.1, 0.15) is 37.6 Å². The van der Waals surface area contributed by atoms with Crippen LogP contribution in [0.2, 0.25) is 0 Å². The van der Waals surface area contributed by atoms with E-state index in [9.17, 15) is 4.79 Å². The van der Waals surface area contributed by atoms with Crippen molar-refractivity contribution in [3.8, 4) is 0 Å². The van der Waals surface area contributed by atoms with Crippen LogP contribution in [0.5, 0.6) is 0 Å². The minimum Gasteiger partial charge on any atom is -0.357 e. The number of hydrogen-bond acceptors (Lipinski definition) is 2. The molecule has 0 aliphatic heterocycles. The van der Waals surface area contributed by atoms with Crippen molar-refractivity contribution in [2.45, 2.75) is 33.2 Å². The molecule has 0 spiro atoms. The first kappa shape index (κ1) is 22.2. The first-order valence-corrected chi connectivity index (χ1v) is 8.40. The zero-order chi connectivity index (χ0) is 16.4. The summed E-state index contributed by atoms with van der Waals surface area (Å²) in [6.45, 7) is 8.30. The number of carbonyl (C=O) groups excluding carboxylic acids is 1. The maximum absolute atomic E-state index is 11.9. The second kappa shape index (κ2) is 12.6. The third kappa shape index (κ3) is 9.80. The highest BCUT2D eigenvalue weighted by atomic mass is 127. The molecule has 0 aliphatic carbocycles. The number of rotatable bonds is 7. The number of guanidine groups is 1. The minimum absolute atomic E-state index is 0. The Bertz CT molecular complexity index is 491. The van der Waals surface area contributed by atoms with Gasteiger partial charge in [-0.3, -0.25) is 9.79 Å². The molecule has 0 bridgehead atoms. The van der Waals surface area contributed by atoms with Crippen molar-refractivity contribution in [2.24, 2.45) is 4.99 Å². The number of aliphatic imine (C=N–C) groups is 1. The number of carbonyl (C=O) groups is 1. The Kier molecular flexibility index (Phi) is 12.1. The molecule has 3 N–H and O–H groups in total. The zero-order valence-electron chi connectivity index (χ0n) is 13.9. The molecule has 7 heteroatoms. The van der Waals surface area contributed by atoms with Crippen molar-refractivity contribution in [3.05, 3.63) is 34.3 Å². The van der Waals surface area contributed by atoms with Crippen molar-refractivity contribution in [1.29, 1.82) is 0 Å². The molecule has 0 aromatic heterocycles. The highest BCUT2D eigenvalue weighted by Gasteiger charge is 2.04. The van der Waals surface area contributed by atoms with Crippen molar-refractivity contribution >= 4 is 51.8 Å². The predicted molar refractivity (Wildman–Crippen MR) is 111 cm³/mol. The molecule has 130 valence electrons. The van der Waals surface area contributed by atoms with Crippen LogP contribution in [-0.4, -0.2) is 37.5 Å². The Hall–Kier alpha value is -0.830. The van der Waals surface area contributed by atoms with Gasteiger partial charge in [-0.05, 0) is 51.5 Å².